The molecule has 0 bridgehead atoms. The highest BCUT2D eigenvalue weighted by Gasteiger charge is 2.55. The Balaban J connectivity index is 1.83. The standard InChI is InChI=1S/C20H19Br2F3N2O2/c1-11(28)27-18-5-2-12-6-16(3-4-17(12)18)26-10-19(29,20(23,24)25)13-7-14(21)9-15(22)8-13/h3-4,6-9,18,26,29H,2,5,10H2,1H3,(H,27,28)/t18-,19+/m1/s1. The number of aryl methyl sites for hydroxylation is 1. The topological polar surface area (TPSA) is 61.4 Å². The molecule has 2 atom stereocenters. The summed E-state index contributed by atoms with van der Waals surface area (Å²) >= 11 is 6.33. The first-order chi connectivity index (χ1) is 13.5. The summed E-state index contributed by atoms with van der Waals surface area (Å²) in [4.78, 5) is 11.3. The predicted octanol–water partition coefficient (Wildman–Crippen LogP) is 5.20. The Labute approximate surface area is 183 Å². The summed E-state index contributed by atoms with van der Waals surface area (Å²) in [5, 5.41) is 16.2. The van der Waals surface area contributed by atoms with Gasteiger partial charge in [0.1, 0.15) is 0 Å². The number of alkyl halides is 3. The maximum atomic E-state index is 13.8. The fourth-order valence-electron chi connectivity index (χ4n) is 3.51. The average Bonchev–Trinajstić information content (AvgIpc) is 2.99. The molecule has 0 unspecified atom stereocenters. The van der Waals surface area contributed by atoms with Crippen molar-refractivity contribution in [2.45, 2.75) is 37.6 Å². The summed E-state index contributed by atoms with van der Waals surface area (Å²) in [5.74, 6) is -0.125. The predicted molar refractivity (Wildman–Crippen MR) is 112 cm³/mol. The Bertz CT molecular complexity index is 916. The molecule has 4 nitrogen and oxygen atoms in total. The van der Waals surface area contributed by atoms with E-state index in [4.69, 9.17) is 0 Å². The van der Waals surface area contributed by atoms with Crippen LogP contribution in [-0.4, -0.2) is 23.7 Å². The molecule has 156 valence electrons. The van der Waals surface area contributed by atoms with Gasteiger partial charge in [0, 0.05) is 21.6 Å². The van der Waals surface area contributed by atoms with Crippen molar-refractivity contribution in [3.05, 3.63) is 62.0 Å². The Kier molecular flexibility index (Phi) is 6.31. The number of rotatable bonds is 5. The highest BCUT2D eigenvalue weighted by Crippen LogP contribution is 2.41. The minimum absolute atomic E-state index is 0.0809. The molecule has 29 heavy (non-hydrogen) atoms. The van der Waals surface area contributed by atoms with Crippen LogP contribution in [0.5, 0.6) is 0 Å². The second-order valence-electron chi connectivity index (χ2n) is 7.08. The second kappa shape index (κ2) is 8.28. The van der Waals surface area contributed by atoms with Gasteiger partial charge < -0.3 is 15.7 Å². The summed E-state index contributed by atoms with van der Waals surface area (Å²) in [7, 11) is 0. The number of carbonyl (C=O) groups excluding carboxylic acids is 1. The lowest BCUT2D eigenvalue weighted by Crippen LogP contribution is -2.47. The van der Waals surface area contributed by atoms with Gasteiger partial charge in [0.25, 0.3) is 0 Å². The molecular formula is C20H19Br2F3N2O2. The lowest BCUT2D eigenvalue weighted by Gasteiger charge is -2.32. The van der Waals surface area contributed by atoms with E-state index in [1.807, 2.05) is 0 Å². The van der Waals surface area contributed by atoms with Gasteiger partial charge in [0.15, 0.2) is 0 Å². The van der Waals surface area contributed by atoms with E-state index in [0.717, 1.165) is 24.0 Å². The van der Waals surface area contributed by atoms with Gasteiger partial charge in [-0.1, -0.05) is 37.9 Å². The zero-order valence-corrected chi connectivity index (χ0v) is 18.6. The number of nitrogens with one attached hydrogen (secondary N) is 2. The van der Waals surface area contributed by atoms with Crippen molar-refractivity contribution in [2.24, 2.45) is 0 Å². The quantitative estimate of drug-likeness (QED) is 0.493. The van der Waals surface area contributed by atoms with Crippen molar-refractivity contribution in [3.8, 4) is 0 Å². The Morgan fingerprint density at radius 3 is 2.41 bits per heavy atom. The number of hydrogen-bond acceptors (Lipinski definition) is 3. The zero-order valence-electron chi connectivity index (χ0n) is 15.4. The van der Waals surface area contributed by atoms with Crippen LogP contribution in [0.3, 0.4) is 0 Å². The fourth-order valence-corrected chi connectivity index (χ4v) is 4.81. The molecule has 1 aliphatic rings. The van der Waals surface area contributed by atoms with Crippen molar-refractivity contribution >= 4 is 43.5 Å². The first kappa shape index (κ1) is 22.1. The van der Waals surface area contributed by atoms with Gasteiger partial charge in [0.2, 0.25) is 11.5 Å². The van der Waals surface area contributed by atoms with Crippen molar-refractivity contribution in [3.63, 3.8) is 0 Å². The smallest absolute Gasteiger partial charge is 0.381 e. The molecule has 3 N–H and O–H groups in total. The van der Waals surface area contributed by atoms with E-state index >= 15 is 0 Å². The second-order valence-corrected chi connectivity index (χ2v) is 8.91. The van der Waals surface area contributed by atoms with Gasteiger partial charge in [-0.3, -0.25) is 4.79 Å². The van der Waals surface area contributed by atoms with Gasteiger partial charge in [-0.2, -0.15) is 13.2 Å². The van der Waals surface area contributed by atoms with Crippen LogP contribution in [0, 0.1) is 0 Å². The molecule has 9 heteroatoms. The van der Waals surface area contributed by atoms with Gasteiger partial charge in [-0.25, -0.2) is 0 Å². The molecule has 0 spiro atoms. The maximum absolute atomic E-state index is 13.8. The van der Waals surface area contributed by atoms with Crippen molar-refractivity contribution in [2.75, 3.05) is 11.9 Å². The third-order valence-electron chi connectivity index (χ3n) is 4.96. The number of benzene rings is 2. The van der Waals surface area contributed by atoms with Crippen LogP contribution in [0.4, 0.5) is 18.9 Å². The fraction of sp³-hybridized carbons (Fsp3) is 0.350. The molecule has 2 aromatic carbocycles. The summed E-state index contributed by atoms with van der Waals surface area (Å²) in [5.41, 5.74) is -0.936. The monoisotopic (exact) mass is 534 g/mol. The van der Waals surface area contributed by atoms with Crippen LogP contribution < -0.4 is 10.6 Å². The highest BCUT2D eigenvalue weighted by molar-refractivity contribution is 9.11. The Morgan fingerprint density at radius 2 is 1.83 bits per heavy atom. The molecule has 0 saturated heterocycles. The van der Waals surface area contributed by atoms with Crippen LogP contribution in [0.25, 0.3) is 0 Å². The third-order valence-corrected chi connectivity index (χ3v) is 5.87. The lowest BCUT2D eigenvalue weighted by molar-refractivity contribution is -0.260. The van der Waals surface area contributed by atoms with Crippen molar-refractivity contribution in [1.82, 2.24) is 5.32 Å². The number of aliphatic hydroxyl groups is 1. The van der Waals surface area contributed by atoms with Crippen LogP contribution in [0.2, 0.25) is 0 Å². The van der Waals surface area contributed by atoms with Crippen LogP contribution in [-0.2, 0) is 16.8 Å². The highest BCUT2D eigenvalue weighted by atomic mass is 79.9. The van der Waals surface area contributed by atoms with Crippen LogP contribution >= 0.6 is 31.9 Å². The van der Waals surface area contributed by atoms with Gasteiger partial charge in [-0.05, 0) is 59.9 Å². The Hall–Kier alpha value is -1.58. The van der Waals surface area contributed by atoms with Crippen LogP contribution in [0.1, 0.15) is 36.1 Å². The molecule has 0 aromatic heterocycles. The maximum Gasteiger partial charge on any atom is 0.423 e. The summed E-state index contributed by atoms with van der Waals surface area (Å²) < 4.78 is 42.2. The molecule has 3 rings (SSSR count). The largest absolute Gasteiger partial charge is 0.423 e. The summed E-state index contributed by atoms with van der Waals surface area (Å²) in [6, 6.07) is 9.24. The van der Waals surface area contributed by atoms with E-state index in [1.54, 1.807) is 24.3 Å². The molecule has 0 aliphatic heterocycles. The van der Waals surface area contributed by atoms with E-state index in [9.17, 15) is 23.1 Å². The van der Waals surface area contributed by atoms with E-state index in [-0.39, 0.29) is 17.5 Å². The first-order valence-electron chi connectivity index (χ1n) is 8.89. The van der Waals surface area contributed by atoms with E-state index in [2.05, 4.69) is 42.5 Å². The molecule has 0 saturated carbocycles. The van der Waals surface area contributed by atoms with Crippen molar-refractivity contribution in [1.29, 1.82) is 0 Å². The molecule has 2 aromatic rings. The van der Waals surface area contributed by atoms with Crippen molar-refractivity contribution < 1.29 is 23.1 Å². The number of fused-ring (bicyclic) bond motifs is 1. The van der Waals surface area contributed by atoms with Gasteiger partial charge >= 0.3 is 6.18 Å². The number of amides is 1. The normalized spacial score (nSPS) is 18.1. The first-order valence-corrected chi connectivity index (χ1v) is 10.5. The van der Waals surface area contributed by atoms with E-state index < -0.39 is 18.3 Å². The van der Waals surface area contributed by atoms with E-state index in [0.29, 0.717) is 14.6 Å². The van der Waals surface area contributed by atoms with Crippen LogP contribution in [0.15, 0.2) is 45.3 Å². The molecule has 1 aliphatic carbocycles. The average molecular weight is 536 g/mol. The Morgan fingerprint density at radius 1 is 1.17 bits per heavy atom. The third kappa shape index (κ3) is 4.78. The van der Waals surface area contributed by atoms with Gasteiger partial charge in [-0.15, -0.1) is 0 Å². The summed E-state index contributed by atoms with van der Waals surface area (Å²) in [6.45, 7) is 0.708. The zero-order chi connectivity index (χ0) is 21.4. The minimum atomic E-state index is -4.88. The van der Waals surface area contributed by atoms with Gasteiger partial charge in [0.05, 0.1) is 12.6 Å². The molecule has 1 amide bonds. The lowest BCUT2D eigenvalue weighted by atomic mass is 9.92. The number of anilines is 1. The number of carbonyl (C=O) groups is 1. The minimum Gasteiger partial charge on any atom is -0.381 e. The molecule has 0 heterocycles. The number of hydrogen-bond donors (Lipinski definition) is 3. The molecule has 0 fully saturated rings. The summed E-state index contributed by atoms with van der Waals surface area (Å²) in [6.07, 6.45) is -3.41. The SMILES string of the molecule is CC(=O)N[C@@H]1CCc2cc(NC[C@](O)(c3cc(Br)cc(Br)c3)C(F)(F)F)ccc21. The van der Waals surface area contributed by atoms with E-state index in [1.165, 1.54) is 19.1 Å². The molecular weight excluding hydrogens is 517 g/mol. The number of halogens is 5. The molecule has 0 radical (unpaired) electrons.